The number of carbonyl (C=O) groups excluding carboxylic acids is 1. The Morgan fingerprint density at radius 3 is 2.71 bits per heavy atom. The molecule has 3 rings (SSSR count). The maximum absolute atomic E-state index is 11.5. The van der Waals surface area contributed by atoms with Crippen LogP contribution in [-0.2, 0) is 9.47 Å². The van der Waals surface area contributed by atoms with Crippen LogP contribution in [0.15, 0.2) is 0 Å². The Balaban J connectivity index is 1.45. The lowest BCUT2D eigenvalue weighted by atomic mass is 9.89. The first-order chi connectivity index (χ1) is 7.94. The van der Waals surface area contributed by atoms with E-state index in [1.54, 1.807) is 0 Å². The molecule has 2 saturated carbocycles. The van der Waals surface area contributed by atoms with Crippen molar-refractivity contribution >= 4 is 6.09 Å². The molecule has 1 saturated heterocycles. The molecule has 1 aliphatic heterocycles. The quantitative estimate of drug-likeness (QED) is 0.749. The summed E-state index contributed by atoms with van der Waals surface area (Å²) in [6.07, 6.45) is 3.29. The van der Waals surface area contributed by atoms with Gasteiger partial charge in [0.2, 0.25) is 0 Å². The zero-order chi connectivity index (χ0) is 12.2. The number of epoxide rings is 1. The van der Waals surface area contributed by atoms with Gasteiger partial charge in [0.25, 0.3) is 0 Å². The third-order valence-electron chi connectivity index (χ3n) is 4.14. The van der Waals surface area contributed by atoms with Gasteiger partial charge in [-0.3, -0.25) is 0 Å². The fourth-order valence-electron chi connectivity index (χ4n) is 3.50. The van der Waals surface area contributed by atoms with Crippen LogP contribution in [0.3, 0.4) is 0 Å². The zero-order valence-electron chi connectivity index (χ0n) is 10.7. The first-order valence-corrected chi connectivity index (χ1v) is 6.56. The predicted octanol–water partition coefficient (Wildman–Crippen LogP) is 1.93. The third kappa shape index (κ3) is 2.15. The topological polar surface area (TPSA) is 50.9 Å². The first kappa shape index (κ1) is 11.3. The van der Waals surface area contributed by atoms with Crippen LogP contribution in [-0.4, -0.2) is 30.4 Å². The van der Waals surface area contributed by atoms with Crippen molar-refractivity contribution < 1.29 is 14.3 Å². The summed E-state index contributed by atoms with van der Waals surface area (Å²) < 4.78 is 10.8. The highest BCUT2D eigenvalue weighted by Gasteiger charge is 2.62. The first-order valence-electron chi connectivity index (χ1n) is 6.56. The molecule has 1 amide bonds. The normalized spacial score (nSPS) is 42.2. The second-order valence-corrected chi connectivity index (χ2v) is 6.60. The largest absolute Gasteiger partial charge is 0.444 e. The molecule has 96 valence electrons. The van der Waals surface area contributed by atoms with Crippen molar-refractivity contribution in [1.82, 2.24) is 5.32 Å². The Morgan fingerprint density at radius 1 is 1.35 bits per heavy atom. The van der Waals surface area contributed by atoms with E-state index in [9.17, 15) is 4.79 Å². The molecule has 0 aromatic carbocycles. The number of hydrogen-bond acceptors (Lipinski definition) is 3. The van der Waals surface area contributed by atoms with Crippen LogP contribution in [0.1, 0.15) is 33.6 Å². The molecule has 0 aromatic rings. The standard InChI is InChI=1S/C13H21NO3/c1-13(2,3)17-12(15)14-6-8-4-7-5-9(8)11-10(7)16-11/h7-11H,4-6H2,1-3H3,(H,14,15)/t7-,8+,9-,10+,11-/m1/s1. The van der Waals surface area contributed by atoms with Crippen molar-refractivity contribution in [2.75, 3.05) is 6.54 Å². The molecule has 0 radical (unpaired) electrons. The Morgan fingerprint density at radius 2 is 2.12 bits per heavy atom. The smallest absolute Gasteiger partial charge is 0.407 e. The Kier molecular flexibility index (Phi) is 2.41. The number of fused-ring (bicyclic) bond motifs is 5. The maximum atomic E-state index is 11.5. The van der Waals surface area contributed by atoms with E-state index in [-0.39, 0.29) is 6.09 Å². The summed E-state index contributed by atoms with van der Waals surface area (Å²) in [5.74, 6) is 2.03. The average Bonchev–Trinajstić information content (AvgIpc) is 2.80. The Hall–Kier alpha value is -0.770. The summed E-state index contributed by atoms with van der Waals surface area (Å²) in [6, 6.07) is 0. The lowest BCUT2D eigenvalue weighted by Crippen LogP contribution is -2.37. The van der Waals surface area contributed by atoms with Gasteiger partial charge in [0.1, 0.15) is 5.60 Å². The van der Waals surface area contributed by atoms with Crippen molar-refractivity contribution in [2.45, 2.75) is 51.4 Å². The third-order valence-corrected chi connectivity index (χ3v) is 4.14. The molecule has 1 heterocycles. The molecule has 2 aliphatic carbocycles. The van der Waals surface area contributed by atoms with Gasteiger partial charge in [-0.2, -0.15) is 0 Å². The van der Waals surface area contributed by atoms with E-state index in [1.165, 1.54) is 12.8 Å². The number of hydrogen-bond donors (Lipinski definition) is 1. The molecule has 17 heavy (non-hydrogen) atoms. The maximum Gasteiger partial charge on any atom is 0.407 e. The molecule has 4 nitrogen and oxygen atoms in total. The average molecular weight is 239 g/mol. The summed E-state index contributed by atoms with van der Waals surface area (Å²) in [6.45, 7) is 6.38. The highest BCUT2D eigenvalue weighted by atomic mass is 16.6. The molecule has 1 N–H and O–H groups in total. The van der Waals surface area contributed by atoms with E-state index in [0.29, 0.717) is 24.0 Å². The number of alkyl carbamates (subject to hydrolysis) is 1. The monoisotopic (exact) mass is 239 g/mol. The molecule has 2 bridgehead atoms. The second-order valence-electron chi connectivity index (χ2n) is 6.60. The van der Waals surface area contributed by atoms with Crippen LogP contribution in [0, 0.1) is 17.8 Å². The van der Waals surface area contributed by atoms with Crippen molar-refractivity contribution in [3.8, 4) is 0 Å². The Labute approximate surface area is 102 Å². The van der Waals surface area contributed by atoms with E-state index >= 15 is 0 Å². The molecule has 0 spiro atoms. The van der Waals surface area contributed by atoms with E-state index in [1.807, 2.05) is 20.8 Å². The lowest BCUT2D eigenvalue weighted by molar-refractivity contribution is 0.0513. The second kappa shape index (κ2) is 3.61. The van der Waals surface area contributed by atoms with E-state index in [4.69, 9.17) is 9.47 Å². The van der Waals surface area contributed by atoms with Crippen molar-refractivity contribution in [3.05, 3.63) is 0 Å². The number of rotatable bonds is 2. The van der Waals surface area contributed by atoms with E-state index in [0.717, 1.165) is 12.5 Å². The van der Waals surface area contributed by atoms with Gasteiger partial charge in [-0.1, -0.05) is 0 Å². The summed E-state index contributed by atoms with van der Waals surface area (Å²) >= 11 is 0. The highest BCUT2D eigenvalue weighted by molar-refractivity contribution is 5.67. The van der Waals surface area contributed by atoms with Crippen LogP contribution < -0.4 is 5.32 Å². The molecule has 4 heteroatoms. The molecule has 0 unspecified atom stereocenters. The van der Waals surface area contributed by atoms with Gasteiger partial charge in [0.15, 0.2) is 0 Å². The van der Waals surface area contributed by atoms with Crippen molar-refractivity contribution in [1.29, 1.82) is 0 Å². The van der Waals surface area contributed by atoms with Gasteiger partial charge < -0.3 is 14.8 Å². The number of ether oxygens (including phenoxy) is 2. The zero-order valence-corrected chi connectivity index (χ0v) is 10.7. The van der Waals surface area contributed by atoms with E-state index < -0.39 is 5.60 Å². The van der Waals surface area contributed by atoms with E-state index in [2.05, 4.69) is 5.32 Å². The SMILES string of the molecule is CC(C)(C)OC(=O)NC[C@@H]1C[C@@H]2C[C@H]1[C@H]1O[C@@H]21. The van der Waals surface area contributed by atoms with Gasteiger partial charge in [-0.15, -0.1) is 0 Å². The fourth-order valence-corrected chi connectivity index (χ4v) is 3.50. The van der Waals surface area contributed by atoms with Gasteiger partial charge >= 0.3 is 6.09 Å². The molecular formula is C13H21NO3. The number of nitrogens with one attached hydrogen (secondary N) is 1. The van der Waals surface area contributed by atoms with Crippen LogP contribution in [0.25, 0.3) is 0 Å². The summed E-state index contributed by atoms with van der Waals surface area (Å²) in [5, 5.41) is 2.89. The van der Waals surface area contributed by atoms with Gasteiger partial charge in [-0.05, 0) is 51.4 Å². The van der Waals surface area contributed by atoms with Gasteiger partial charge in [0, 0.05) is 6.54 Å². The van der Waals surface area contributed by atoms with Crippen LogP contribution in [0.5, 0.6) is 0 Å². The predicted molar refractivity (Wildman–Crippen MR) is 62.6 cm³/mol. The molecule has 0 aromatic heterocycles. The minimum Gasteiger partial charge on any atom is -0.444 e. The Bertz CT molecular complexity index is 336. The molecule has 3 fully saturated rings. The molecule has 3 aliphatic rings. The van der Waals surface area contributed by atoms with Crippen molar-refractivity contribution in [3.63, 3.8) is 0 Å². The number of carbonyl (C=O) groups is 1. The number of amides is 1. The van der Waals surface area contributed by atoms with Crippen LogP contribution in [0.2, 0.25) is 0 Å². The van der Waals surface area contributed by atoms with Crippen LogP contribution >= 0.6 is 0 Å². The lowest BCUT2D eigenvalue weighted by Gasteiger charge is -2.23. The molecular weight excluding hydrogens is 218 g/mol. The minimum absolute atomic E-state index is 0.298. The fraction of sp³-hybridized carbons (Fsp3) is 0.923. The van der Waals surface area contributed by atoms with Gasteiger partial charge in [-0.25, -0.2) is 4.79 Å². The summed E-state index contributed by atoms with van der Waals surface area (Å²) in [5.41, 5.74) is -0.413. The van der Waals surface area contributed by atoms with Crippen molar-refractivity contribution in [2.24, 2.45) is 17.8 Å². The minimum atomic E-state index is -0.413. The molecule has 5 atom stereocenters. The summed E-state index contributed by atoms with van der Waals surface area (Å²) in [7, 11) is 0. The summed E-state index contributed by atoms with van der Waals surface area (Å²) in [4.78, 5) is 11.5. The van der Waals surface area contributed by atoms with Gasteiger partial charge in [0.05, 0.1) is 12.2 Å². The highest BCUT2D eigenvalue weighted by Crippen LogP contribution is 2.58. The van der Waals surface area contributed by atoms with Crippen LogP contribution in [0.4, 0.5) is 4.79 Å².